The summed E-state index contributed by atoms with van der Waals surface area (Å²) in [5.74, 6) is 1.73. The van der Waals surface area contributed by atoms with Crippen molar-refractivity contribution in [1.29, 1.82) is 0 Å². The molecule has 4 heteroatoms. The molecular weight excluding hydrogens is 262 g/mol. The van der Waals surface area contributed by atoms with E-state index in [2.05, 4.69) is 10.00 Å². The van der Waals surface area contributed by atoms with E-state index in [1.807, 2.05) is 23.1 Å². The van der Waals surface area contributed by atoms with Gasteiger partial charge in [-0.2, -0.15) is 5.10 Å². The minimum Gasteiger partial charge on any atom is -0.343 e. The van der Waals surface area contributed by atoms with Crippen molar-refractivity contribution in [3.05, 3.63) is 18.5 Å². The minimum atomic E-state index is 0.402. The summed E-state index contributed by atoms with van der Waals surface area (Å²) in [5, 5.41) is 4.28. The van der Waals surface area contributed by atoms with E-state index in [9.17, 15) is 4.79 Å². The maximum Gasteiger partial charge on any atom is 0.222 e. The van der Waals surface area contributed by atoms with Gasteiger partial charge in [0.25, 0.3) is 0 Å². The molecule has 4 nitrogen and oxygen atoms in total. The lowest BCUT2D eigenvalue weighted by Gasteiger charge is -2.33. The molecule has 1 aliphatic heterocycles. The smallest absolute Gasteiger partial charge is 0.222 e. The molecule has 0 aromatic carbocycles. The van der Waals surface area contributed by atoms with Gasteiger partial charge in [-0.1, -0.05) is 19.3 Å². The largest absolute Gasteiger partial charge is 0.343 e. The second kappa shape index (κ2) is 7.10. The zero-order valence-electron chi connectivity index (χ0n) is 12.9. The van der Waals surface area contributed by atoms with E-state index >= 15 is 0 Å². The van der Waals surface area contributed by atoms with Crippen LogP contribution in [0.2, 0.25) is 0 Å². The first-order valence-corrected chi connectivity index (χ1v) is 8.56. The molecule has 3 rings (SSSR count). The van der Waals surface area contributed by atoms with Crippen molar-refractivity contribution in [2.75, 3.05) is 13.1 Å². The summed E-state index contributed by atoms with van der Waals surface area (Å²) >= 11 is 0. The third kappa shape index (κ3) is 4.08. The fourth-order valence-corrected chi connectivity index (χ4v) is 3.81. The third-order valence-corrected chi connectivity index (χ3v) is 5.16. The number of piperidine rings is 1. The monoisotopic (exact) mass is 289 g/mol. The number of likely N-dealkylation sites (tertiary alicyclic amines) is 1. The van der Waals surface area contributed by atoms with Crippen LogP contribution in [0.25, 0.3) is 0 Å². The van der Waals surface area contributed by atoms with Gasteiger partial charge in [0.1, 0.15) is 0 Å². The number of nitrogens with zero attached hydrogens (tertiary/aromatic N) is 3. The van der Waals surface area contributed by atoms with Crippen LogP contribution in [-0.2, 0) is 11.3 Å². The van der Waals surface area contributed by atoms with Crippen LogP contribution in [0.3, 0.4) is 0 Å². The second-order valence-electron chi connectivity index (χ2n) is 6.76. The van der Waals surface area contributed by atoms with Gasteiger partial charge in [-0.25, -0.2) is 0 Å². The van der Waals surface area contributed by atoms with E-state index in [1.54, 1.807) is 0 Å². The number of hydrogen-bond acceptors (Lipinski definition) is 2. The summed E-state index contributed by atoms with van der Waals surface area (Å²) < 4.78 is 2.02. The van der Waals surface area contributed by atoms with E-state index in [0.717, 1.165) is 38.9 Å². The van der Waals surface area contributed by atoms with Crippen molar-refractivity contribution in [2.24, 2.45) is 11.8 Å². The lowest BCUT2D eigenvalue weighted by molar-refractivity contribution is -0.133. The van der Waals surface area contributed by atoms with Gasteiger partial charge in [0.15, 0.2) is 0 Å². The first kappa shape index (κ1) is 14.6. The van der Waals surface area contributed by atoms with Crippen LogP contribution in [0.15, 0.2) is 18.5 Å². The van der Waals surface area contributed by atoms with Crippen molar-refractivity contribution in [3.8, 4) is 0 Å². The van der Waals surface area contributed by atoms with Gasteiger partial charge in [0, 0.05) is 38.4 Å². The zero-order valence-corrected chi connectivity index (χ0v) is 12.9. The predicted octanol–water partition coefficient (Wildman–Crippen LogP) is 3.09. The van der Waals surface area contributed by atoms with Crippen LogP contribution >= 0.6 is 0 Å². The Morgan fingerprint density at radius 2 is 1.81 bits per heavy atom. The molecule has 2 heterocycles. The fourth-order valence-electron chi connectivity index (χ4n) is 3.81. The van der Waals surface area contributed by atoms with Crippen LogP contribution in [0.4, 0.5) is 0 Å². The van der Waals surface area contributed by atoms with Crippen molar-refractivity contribution in [3.63, 3.8) is 0 Å². The highest BCUT2D eigenvalue weighted by atomic mass is 16.2. The Morgan fingerprint density at radius 1 is 1.05 bits per heavy atom. The topological polar surface area (TPSA) is 38.1 Å². The fraction of sp³-hybridized carbons (Fsp3) is 0.765. The summed E-state index contributed by atoms with van der Waals surface area (Å²) in [6.45, 7) is 2.88. The predicted molar refractivity (Wildman–Crippen MR) is 82.7 cm³/mol. The minimum absolute atomic E-state index is 0.402. The number of aromatic nitrogens is 2. The van der Waals surface area contributed by atoms with Crippen LogP contribution in [0.1, 0.15) is 51.4 Å². The standard InChI is InChI=1S/C17H27N3O/c21-17(13-15-5-2-1-3-6-15)19-11-7-16(8-12-19)14-20-10-4-9-18-20/h4,9-10,15-16H,1-3,5-8,11-14H2. The normalized spacial score (nSPS) is 21.6. The van der Waals surface area contributed by atoms with Crippen molar-refractivity contribution in [2.45, 2.75) is 57.9 Å². The molecule has 0 spiro atoms. The Hall–Kier alpha value is -1.32. The number of rotatable bonds is 4. The van der Waals surface area contributed by atoms with E-state index < -0.39 is 0 Å². The average molecular weight is 289 g/mol. The summed E-state index contributed by atoms with van der Waals surface area (Å²) in [4.78, 5) is 14.5. The Morgan fingerprint density at radius 3 is 2.48 bits per heavy atom. The average Bonchev–Trinajstić information content (AvgIpc) is 3.02. The second-order valence-corrected chi connectivity index (χ2v) is 6.76. The quantitative estimate of drug-likeness (QED) is 0.854. The molecule has 0 bridgehead atoms. The maximum atomic E-state index is 12.4. The molecule has 116 valence electrons. The van der Waals surface area contributed by atoms with E-state index in [4.69, 9.17) is 0 Å². The van der Waals surface area contributed by atoms with Crippen molar-refractivity contribution >= 4 is 5.91 Å². The van der Waals surface area contributed by atoms with E-state index in [0.29, 0.717) is 17.7 Å². The van der Waals surface area contributed by atoms with E-state index in [1.165, 1.54) is 32.1 Å². The van der Waals surface area contributed by atoms with Gasteiger partial charge < -0.3 is 4.90 Å². The first-order valence-electron chi connectivity index (χ1n) is 8.56. The Balaban J connectivity index is 1.41. The van der Waals surface area contributed by atoms with Gasteiger partial charge in [0.05, 0.1) is 0 Å². The number of hydrogen-bond donors (Lipinski definition) is 0. The van der Waals surface area contributed by atoms with Crippen LogP contribution in [-0.4, -0.2) is 33.7 Å². The van der Waals surface area contributed by atoms with E-state index in [-0.39, 0.29) is 0 Å². The number of carbonyl (C=O) groups excluding carboxylic acids is 1. The molecule has 21 heavy (non-hydrogen) atoms. The van der Waals surface area contributed by atoms with Gasteiger partial charge >= 0.3 is 0 Å². The zero-order chi connectivity index (χ0) is 14.5. The number of carbonyl (C=O) groups is 1. The number of amides is 1. The molecule has 1 amide bonds. The molecule has 1 aromatic rings. The van der Waals surface area contributed by atoms with Crippen molar-refractivity contribution < 1.29 is 4.79 Å². The third-order valence-electron chi connectivity index (χ3n) is 5.16. The molecule has 0 unspecified atom stereocenters. The molecule has 2 fully saturated rings. The highest BCUT2D eigenvalue weighted by molar-refractivity contribution is 5.76. The molecule has 1 saturated carbocycles. The Bertz CT molecular complexity index is 429. The lowest BCUT2D eigenvalue weighted by atomic mass is 9.86. The summed E-state index contributed by atoms with van der Waals surface area (Å²) in [5.41, 5.74) is 0. The molecule has 0 N–H and O–H groups in total. The summed E-state index contributed by atoms with van der Waals surface area (Å²) in [6.07, 6.45) is 13.4. The van der Waals surface area contributed by atoms with Crippen LogP contribution in [0, 0.1) is 11.8 Å². The first-order chi connectivity index (χ1) is 10.3. The molecule has 1 aliphatic carbocycles. The molecule has 0 radical (unpaired) electrons. The summed E-state index contributed by atoms with van der Waals surface area (Å²) in [6, 6.07) is 1.98. The van der Waals surface area contributed by atoms with Gasteiger partial charge in [-0.3, -0.25) is 9.48 Å². The van der Waals surface area contributed by atoms with Gasteiger partial charge in [-0.05, 0) is 43.6 Å². The maximum absolute atomic E-state index is 12.4. The SMILES string of the molecule is O=C(CC1CCCCC1)N1CCC(Cn2cccn2)CC1. The van der Waals surface area contributed by atoms with Gasteiger partial charge in [-0.15, -0.1) is 0 Å². The molecule has 1 aromatic heterocycles. The lowest BCUT2D eigenvalue weighted by Crippen LogP contribution is -2.40. The molecule has 0 atom stereocenters. The summed E-state index contributed by atoms with van der Waals surface area (Å²) in [7, 11) is 0. The highest BCUT2D eigenvalue weighted by Gasteiger charge is 2.25. The van der Waals surface area contributed by atoms with Crippen LogP contribution < -0.4 is 0 Å². The Labute approximate surface area is 127 Å². The molecular formula is C17H27N3O. The molecule has 2 aliphatic rings. The Kier molecular flexibility index (Phi) is 4.94. The molecule has 1 saturated heterocycles. The van der Waals surface area contributed by atoms with Crippen molar-refractivity contribution in [1.82, 2.24) is 14.7 Å². The van der Waals surface area contributed by atoms with Gasteiger partial charge in [0.2, 0.25) is 5.91 Å². The van der Waals surface area contributed by atoms with Crippen LogP contribution in [0.5, 0.6) is 0 Å². The highest BCUT2D eigenvalue weighted by Crippen LogP contribution is 2.28.